The average molecular weight is 518 g/mol. The molecule has 190 valence electrons. The molecule has 0 bridgehead atoms. The molecule has 0 atom stereocenters. The molecule has 0 spiro atoms. The molecule has 5 rings (SSSR count). The summed E-state index contributed by atoms with van der Waals surface area (Å²) in [5, 5.41) is 1.42. The minimum Gasteiger partial charge on any atom is -0.255 e. The van der Waals surface area contributed by atoms with Crippen LogP contribution < -0.4 is 0 Å². The van der Waals surface area contributed by atoms with Gasteiger partial charge in [0.25, 0.3) is 0 Å². The molecule has 0 fully saturated rings. The van der Waals surface area contributed by atoms with Crippen LogP contribution in [0.1, 0.15) is 48.6 Å². The summed E-state index contributed by atoms with van der Waals surface area (Å²) in [7, 11) is 0. The molecule has 0 aliphatic rings. The lowest BCUT2D eigenvalue weighted by Crippen LogP contribution is -2.10. The normalized spacial score (nSPS) is 12.6. The van der Waals surface area contributed by atoms with Crippen LogP contribution >= 0.6 is 11.3 Å². The van der Waals surface area contributed by atoms with Gasteiger partial charge in [-0.2, -0.15) is 13.2 Å². The van der Waals surface area contributed by atoms with E-state index in [1.807, 2.05) is 63.2 Å². The first-order chi connectivity index (χ1) is 17.3. The fourth-order valence-electron chi connectivity index (χ4n) is 5.34. The zero-order chi connectivity index (χ0) is 26.7. The first kappa shape index (κ1) is 25.5. The number of alkyl halides is 3. The van der Waals surface area contributed by atoms with Gasteiger partial charge in [0.15, 0.2) is 0 Å². The van der Waals surface area contributed by atoms with Crippen LogP contribution in [-0.4, -0.2) is 4.98 Å². The van der Waals surface area contributed by atoms with Gasteiger partial charge in [-0.3, -0.25) is 4.98 Å². The number of nitrogens with zero attached hydrogens (tertiary/aromatic N) is 1. The number of rotatable bonds is 3. The summed E-state index contributed by atoms with van der Waals surface area (Å²) in [5.41, 5.74) is 6.21. The molecule has 2 aromatic heterocycles. The Morgan fingerprint density at radius 3 is 2.03 bits per heavy atom. The van der Waals surface area contributed by atoms with E-state index in [1.165, 1.54) is 11.3 Å². The van der Waals surface area contributed by atoms with E-state index in [4.69, 9.17) is 0 Å². The Morgan fingerprint density at radius 2 is 1.41 bits per heavy atom. The quantitative estimate of drug-likeness (QED) is 0.232. The Labute approximate surface area is 220 Å². The highest BCUT2D eigenvalue weighted by molar-refractivity contribution is 7.26. The van der Waals surface area contributed by atoms with Gasteiger partial charge in [0.05, 0.1) is 16.0 Å². The molecule has 0 saturated carbocycles. The number of benzene rings is 3. The number of thiophene rings is 1. The van der Waals surface area contributed by atoms with Crippen LogP contribution in [0.15, 0.2) is 60.8 Å². The summed E-state index contributed by atoms with van der Waals surface area (Å²) in [6.45, 7) is 12.4. The summed E-state index contributed by atoms with van der Waals surface area (Å²) in [4.78, 5) is 4.61. The second-order valence-electron chi connectivity index (χ2n) is 11.3. The van der Waals surface area contributed by atoms with Gasteiger partial charge < -0.3 is 0 Å². The summed E-state index contributed by atoms with van der Waals surface area (Å²) in [6, 6.07) is 17.3. The van der Waals surface area contributed by atoms with E-state index in [0.717, 1.165) is 50.0 Å². The second-order valence-corrected chi connectivity index (χ2v) is 12.3. The van der Waals surface area contributed by atoms with Crippen molar-refractivity contribution in [2.24, 2.45) is 5.41 Å². The van der Waals surface area contributed by atoms with Crippen molar-refractivity contribution in [3.63, 3.8) is 0 Å². The van der Waals surface area contributed by atoms with E-state index in [1.54, 1.807) is 12.3 Å². The Hall–Kier alpha value is -3.18. The van der Waals surface area contributed by atoms with Crippen molar-refractivity contribution >= 4 is 31.5 Å². The van der Waals surface area contributed by atoms with Gasteiger partial charge in [-0.05, 0) is 73.1 Å². The van der Waals surface area contributed by atoms with E-state index in [0.29, 0.717) is 10.9 Å². The third-order valence-corrected chi connectivity index (χ3v) is 7.90. The number of aryl methyl sites for hydroxylation is 3. The zero-order valence-electron chi connectivity index (χ0n) is 22.0. The number of fused-ring (bicyclic) bond motifs is 3. The molecule has 0 amide bonds. The molecule has 1 nitrogen and oxygen atoms in total. The highest BCUT2D eigenvalue weighted by Gasteiger charge is 2.37. The van der Waals surface area contributed by atoms with E-state index >= 15 is 0 Å². The van der Waals surface area contributed by atoms with Crippen molar-refractivity contribution in [3.05, 3.63) is 88.6 Å². The van der Waals surface area contributed by atoms with Crippen LogP contribution in [0.25, 0.3) is 42.6 Å². The molecule has 0 saturated heterocycles. The van der Waals surface area contributed by atoms with Gasteiger partial charge in [0, 0.05) is 27.2 Å². The minimum atomic E-state index is -4.50. The lowest BCUT2D eigenvalue weighted by Gasteiger charge is -2.20. The number of halogens is 3. The molecular formula is C32H30F3NS. The Bertz CT molecular complexity index is 1630. The predicted molar refractivity (Wildman–Crippen MR) is 150 cm³/mol. The molecule has 3 aromatic carbocycles. The molecule has 0 radical (unpaired) electrons. The third-order valence-electron chi connectivity index (χ3n) is 6.65. The smallest absolute Gasteiger partial charge is 0.255 e. The maximum absolute atomic E-state index is 14.7. The summed E-state index contributed by atoms with van der Waals surface area (Å²) in [6.07, 6.45) is -1.94. The molecule has 0 aliphatic carbocycles. The van der Waals surface area contributed by atoms with Crippen LogP contribution in [0.2, 0.25) is 0 Å². The van der Waals surface area contributed by atoms with Gasteiger partial charge in [0.2, 0.25) is 0 Å². The number of hydrogen-bond donors (Lipinski definition) is 0. The maximum atomic E-state index is 14.7. The lowest BCUT2D eigenvalue weighted by molar-refractivity contribution is -0.135. The van der Waals surface area contributed by atoms with E-state index in [-0.39, 0.29) is 15.7 Å². The van der Waals surface area contributed by atoms with Gasteiger partial charge in [-0.25, -0.2) is 0 Å². The van der Waals surface area contributed by atoms with Crippen molar-refractivity contribution < 1.29 is 13.2 Å². The minimum absolute atomic E-state index is 0.0999. The summed E-state index contributed by atoms with van der Waals surface area (Å²) < 4.78 is 45.3. The van der Waals surface area contributed by atoms with Gasteiger partial charge in [0.1, 0.15) is 0 Å². The number of aromatic nitrogens is 1. The highest BCUT2D eigenvalue weighted by atomic mass is 32.1. The van der Waals surface area contributed by atoms with Crippen molar-refractivity contribution in [1.82, 2.24) is 4.98 Å². The van der Waals surface area contributed by atoms with Crippen molar-refractivity contribution in [1.29, 1.82) is 0 Å². The Kier molecular flexibility index (Phi) is 6.18. The van der Waals surface area contributed by atoms with E-state index in [2.05, 4.69) is 31.8 Å². The van der Waals surface area contributed by atoms with Crippen molar-refractivity contribution in [3.8, 4) is 22.4 Å². The molecule has 0 aliphatic heterocycles. The summed E-state index contributed by atoms with van der Waals surface area (Å²) in [5.74, 6) is 0. The topological polar surface area (TPSA) is 12.9 Å². The molecule has 5 aromatic rings. The van der Waals surface area contributed by atoms with Gasteiger partial charge in [-0.1, -0.05) is 68.3 Å². The lowest BCUT2D eigenvalue weighted by atomic mass is 9.86. The van der Waals surface area contributed by atoms with Crippen molar-refractivity contribution in [2.45, 2.75) is 54.1 Å². The first-order valence-corrected chi connectivity index (χ1v) is 13.2. The number of hydrogen-bond acceptors (Lipinski definition) is 2. The van der Waals surface area contributed by atoms with Crippen LogP contribution in [0.4, 0.5) is 13.2 Å². The van der Waals surface area contributed by atoms with Crippen LogP contribution in [0.5, 0.6) is 0 Å². The van der Waals surface area contributed by atoms with Gasteiger partial charge in [-0.15, -0.1) is 11.3 Å². The SMILES string of the molecule is Cc1cc(C)cc(-c2nccc3c2sc2c(C(F)(F)F)c(-c4ccc(CC(C)(C)C)cc4C)ccc23)c1. The van der Waals surface area contributed by atoms with Crippen LogP contribution in [-0.2, 0) is 12.6 Å². The molecule has 0 N–H and O–H groups in total. The second kappa shape index (κ2) is 8.98. The molecule has 5 heteroatoms. The highest BCUT2D eigenvalue weighted by Crippen LogP contribution is 2.48. The summed E-state index contributed by atoms with van der Waals surface area (Å²) >= 11 is 1.19. The van der Waals surface area contributed by atoms with Crippen LogP contribution in [0.3, 0.4) is 0 Å². The molecule has 2 heterocycles. The van der Waals surface area contributed by atoms with Gasteiger partial charge >= 0.3 is 6.18 Å². The maximum Gasteiger partial charge on any atom is 0.418 e. The first-order valence-electron chi connectivity index (χ1n) is 12.4. The van der Waals surface area contributed by atoms with Crippen molar-refractivity contribution in [2.75, 3.05) is 0 Å². The largest absolute Gasteiger partial charge is 0.418 e. The van der Waals surface area contributed by atoms with Crippen LogP contribution in [0, 0.1) is 26.2 Å². The Morgan fingerprint density at radius 1 is 0.757 bits per heavy atom. The Balaban J connectivity index is 1.76. The van der Waals surface area contributed by atoms with E-state index in [9.17, 15) is 13.2 Å². The molecule has 37 heavy (non-hydrogen) atoms. The van der Waals surface area contributed by atoms with E-state index < -0.39 is 11.7 Å². The monoisotopic (exact) mass is 517 g/mol. The number of pyridine rings is 1. The predicted octanol–water partition coefficient (Wildman–Crippen LogP) is 10.3. The fourth-order valence-corrected chi connectivity index (χ4v) is 6.71. The molecular weight excluding hydrogens is 487 g/mol. The average Bonchev–Trinajstić information content (AvgIpc) is 3.14. The third kappa shape index (κ3) is 4.89. The fraction of sp³-hybridized carbons (Fsp3) is 0.281. The zero-order valence-corrected chi connectivity index (χ0v) is 22.8. The standard InChI is InChI=1S/C32H30F3NS/c1-18-13-19(2)15-22(14-18)28-30-26(11-12-36-28)25-10-9-24(27(29(25)37-30)32(33,34)35)23-8-7-21(16-20(23)3)17-31(4,5)6/h7-16H,17H2,1-6H3. The molecule has 0 unspecified atom stereocenters.